The summed E-state index contributed by atoms with van der Waals surface area (Å²) < 4.78 is 24.6. The van der Waals surface area contributed by atoms with Crippen LogP contribution in [0.3, 0.4) is 0 Å². The number of nitrogens with one attached hydrogen (secondary N) is 1. The number of carbonyl (C=O) groups excluding carboxylic acids is 2. The molecule has 3 rings (SSSR count). The predicted octanol–water partition coefficient (Wildman–Crippen LogP) is 3.22. The van der Waals surface area contributed by atoms with E-state index in [0.717, 1.165) is 23.4 Å². The van der Waals surface area contributed by atoms with Crippen LogP contribution in [0, 0.1) is 0 Å². The topological polar surface area (TPSA) is 86.8 Å². The molecule has 1 saturated heterocycles. The number of para-hydroxylation sites is 1. The highest BCUT2D eigenvalue weighted by Gasteiger charge is 2.23. The molecule has 7 nitrogen and oxygen atoms in total. The van der Waals surface area contributed by atoms with Gasteiger partial charge in [0, 0.05) is 20.1 Å². The number of rotatable bonds is 5. The highest BCUT2D eigenvalue weighted by atomic mass is 35.5. The first-order valence-corrected chi connectivity index (χ1v) is 11.3. The lowest BCUT2D eigenvalue weighted by Crippen LogP contribution is -2.29. The van der Waals surface area contributed by atoms with Crippen LogP contribution in [-0.4, -0.2) is 51.5 Å². The normalized spacial score (nSPS) is 14.0. The van der Waals surface area contributed by atoms with Gasteiger partial charge < -0.3 is 10.2 Å². The Balaban J connectivity index is 1.89. The molecule has 2 amide bonds. The fourth-order valence-corrected chi connectivity index (χ4v) is 3.83. The Morgan fingerprint density at radius 3 is 2.38 bits per heavy atom. The number of benzene rings is 2. The molecule has 0 unspecified atom stereocenters. The van der Waals surface area contributed by atoms with Crippen molar-refractivity contribution >= 4 is 44.8 Å². The summed E-state index contributed by atoms with van der Waals surface area (Å²) in [6, 6.07) is 11.2. The summed E-state index contributed by atoms with van der Waals surface area (Å²) in [4.78, 5) is 27.4. The lowest BCUT2D eigenvalue weighted by Gasteiger charge is -2.19. The number of carbonyl (C=O) groups is 2. The molecule has 9 heteroatoms. The van der Waals surface area contributed by atoms with Crippen molar-refractivity contribution in [2.24, 2.45) is 0 Å². The zero-order valence-corrected chi connectivity index (χ0v) is 17.8. The SMILES string of the molecule is CN(c1ccc(Cl)c(C(=O)Nc2ccccc2C(=O)N2CCCC2)c1)S(C)(=O)=O. The molecule has 0 bridgehead atoms. The maximum absolute atomic E-state index is 12.9. The van der Waals surface area contributed by atoms with Crippen molar-refractivity contribution in [2.75, 3.05) is 36.0 Å². The fourth-order valence-electron chi connectivity index (χ4n) is 3.13. The Morgan fingerprint density at radius 2 is 1.72 bits per heavy atom. The fraction of sp³-hybridized carbons (Fsp3) is 0.300. The zero-order valence-electron chi connectivity index (χ0n) is 16.2. The average Bonchev–Trinajstić information content (AvgIpc) is 3.21. The van der Waals surface area contributed by atoms with E-state index in [1.807, 2.05) is 0 Å². The van der Waals surface area contributed by atoms with E-state index in [1.54, 1.807) is 29.2 Å². The van der Waals surface area contributed by atoms with Gasteiger partial charge in [-0.15, -0.1) is 0 Å². The molecule has 1 aliphatic rings. The van der Waals surface area contributed by atoms with Gasteiger partial charge in [0.15, 0.2) is 0 Å². The van der Waals surface area contributed by atoms with Gasteiger partial charge in [-0.25, -0.2) is 8.42 Å². The third-order valence-electron chi connectivity index (χ3n) is 4.85. The number of sulfonamides is 1. The Labute approximate surface area is 175 Å². The second kappa shape index (κ2) is 8.42. The van der Waals surface area contributed by atoms with Crippen LogP contribution in [0.2, 0.25) is 5.02 Å². The molecule has 0 spiro atoms. The lowest BCUT2D eigenvalue weighted by molar-refractivity contribution is 0.0794. The first-order valence-electron chi connectivity index (χ1n) is 9.11. The Morgan fingerprint density at radius 1 is 1.07 bits per heavy atom. The van der Waals surface area contributed by atoms with Crippen LogP contribution < -0.4 is 9.62 Å². The van der Waals surface area contributed by atoms with Crippen LogP contribution in [0.25, 0.3) is 0 Å². The molecule has 0 aromatic heterocycles. The highest BCUT2D eigenvalue weighted by Crippen LogP contribution is 2.26. The third kappa shape index (κ3) is 4.71. The molecule has 1 fully saturated rings. The van der Waals surface area contributed by atoms with Crippen molar-refractivity contribution in [3.05, 3.63) is 58.6 Å². The van der Waals surface area contributed by atoms with Gasteiger partial charge in [-0.2, -0.15) is 0 Å². The molecule has 0 atom stereocenters. The van der Waals surface area contributed by atoms with E-state index in [1.165, 1.54) is 25.2 Å². The van der Waals surface area contributed by atoms with Gasteiger partial charge in [-0.1, -0.05) is 23.7 Å². The Hall–Kier alpha value is -2.58. The first kappa shape index (κ1) is 21.1. The zero-order chi connectivity index (χ0) is 21.2. The van der Waals surface area contributed by atoms with Crippen LogP contribution in [-0.2, 0) is 10.0 Å². The van der Waals surface area contributed by atoms with Gasteiger partial charge >= 0.3 is 0 Å². The molecule has 1 heterocycles. The smallest absolute Gasteiger partial charge is 0.257 e. The van der Waals surface area contributed by atoms with E-state index in [0.29, 0.717) is 30.0 Å². The van der Waals surface area contributed by atoms with Crippen molar-refractivity contribution in [3.8, 4) is 0 Å². The lowest BCUT2D eigenvalue weighted by atomic mass is 10.1. The maximum Gasteiger partial charge on any atom is 0.257 e. The number of amides is 2. The summed E-state index contributed by atoms with van der Waals surface area (Å²) in [5.74, 6) is -0.657. The number of nitrogens with zero attached hydrogens (tertiary/aromatic N) is 2. The average molecular weight is 436 g/mol. The van der Waals surface area contributed by atoms with Crippen LogP contribution >= 0.6 is 11.6 Å². The minimum atomic E-state index is -3.49. The largest absolute Gasteiger partial charge is 0.339 e. The molecule has 29 heavy (non-hydrogen) atoms. The minimum absolute atomic E-state index is 0.114. The first-order chi connectivity index (χ1) is 13.7. The number of hydrogen-bond acceptors (Lipinski definition) is 4. The predicted molar refractivity (Wildman–Crippen MR) is 114 cm³/mol. The number of likely N-dealkylation sites (tertiary alicyclic amines) is 1. The van der Waals surface area contributed by atoms with Crippen LogP contribution in [0.4, 0.5) is 11.4 Å². The monoisotopic (exact) mass is 435 g/mol. The molecule has 1 aliphatic heterocycles. The molecular formula is C20H22ClN3O4S. The number of halogens is 1. The number of anilines is 2. The van der Waals surface area contributed by atoms with Crippen molar-refractivity contribution in [1.29, 1.82) is 0 Å². The molecule has 0 radical (unpaired) electrons. The summed E-state index contributed by atoms with van der Waals surface area (Å²) in [6.07, 6.45) is 3.01. The summed E-state index contributed by atoms with van der Waals surface area (Å²) in [5, 5.41) is 2.92. The molecule has 2 aromatic rings. The van der Waals surface area contributed by atoms with Crippen LogP contribution in [0.1, 0.15) is 33.6 Å². The second-order valence-corrected chi connectivity index (χ2v) is 9.31. The third-order valence-corrected chi connectivity index (χ3v) is 6.39. The van der Waals surface area contributed by atoms with E-state index in [9.17, 15) is 18.0 Å². The minimum Gasteiger partial charge on any atom is -0.339 e. The highest BCUT2D eigenvalue weighted by molar-refractivity contribution is 7.92. The van der Waals surface area contributed by atoms with E-state index < -0.39 is 15.9 Å². The van der Waals surface area contributed by atoms with E-state index in [-0.39, 0.29) is 16.5 Å². The van der Waals surface area contributed by atoms with Gasteiger partial charge in [0.25, 0.3) is 11.8 Å². The van der Waals surface area contributed by atoms with Crippen molar-refractivity contribution in [3.63, 3.8) is 0 Å². The second-order valence-electron chi connectivity index (χ2n) is 6.89. The summed E-state index contributed by atoms with van der Waals surface area (Å²) in [5.41, 5.74) is 1.21. The van der Waals surface area contributed by atoms with Gasteiger partial charge in [-0.3, -0.25) is 13.9 Å². The maximum atomic E-state index is 12.9. The number of hydrogen-bond donors (Lipinski definition) is 1. The molecule has 0 aliphatic carbocycles. The van der Waals surface area contributed by atoms with Crippen molar-refractivity contribution in [2.45, 2.75) is 12.8 Å². The molecule has 1 N–H and O–H groups in total. The van der Waals surface area contributed by atoms with E-state index in [4.69, 9.17) is 11.6 Å². The summed E-state index contributed by atoms with van der Waals surface area (Å²) in [7, 11) is -2.10. The molecule has 0 saturated carbocycles. The molecular weight excluding hydrogens is 414 g/mol. The van der Waals surface area contributed by atoms with Crippen molar-refractivity contribution in [1.82, 2.24) is 4.90 Å². The van der Waals surface area contributed by atoms with Gasteiger partial charge in [0.05, 0.1) is 33.8 Å². The van der Waals surface area contributed by atoms with Crippen LogP contribution in [0.5, 0.6) is 0 Å². The van der Waals surface area contributed by atoms with Gasteiger partial charge in [0.1, 0.15) is 0 Å². The summed E-state index contributed by atoms with van der Waals surface area (Å²) >= 11 is 6.18. The molecule has 2 aromatic carbocycles. The van der Waals surface area contributed by atoms with Crippen LogP contribution in [0.15, 0.2) is 42.5 Å². The van der Waals surface area contributed by atoms with Gasteiger partial charge in [0.2, 0.25) is 10.0 Å². The van der Waals surface area contributed by atoms with Gasteiger partial charge in [-0.05, 0) is 43.2 Å². The summed E-state index contributed by atoms with van der Waals surface area (Å²) in [6.45, 7) is 1.40. The Kier molecular flexibility index (Phi) is 6.14. The van der Waals surface area contributed by atoms with E-state index in [2.05, 4.69) is 5.32 Å². The Bertz CT molecular complexity index is 1050. The van der Waals surface area contributed by atoms with Crippen molar-refractivity contribution < 1.29 is 18.0 Å². The quantitative estimate of drug-likeness (QED) is 0.781. The molecule has 154 valence electrons. The standard InChI is InChI=1S/C20H22ClN3O4S/c1-23(29(2,27)28)14-9-10-17(21)16(13-14)19(25)22-18-8-4-3-7-15(18)20(26)24-11-5-6-12-24/h3-4,7-10,13H,5-6,11-12H2,1-2H3,(H,22,25). The van der Waals surface area contributed by atoms with E-state index >= 15 is 0 Å².